The maximum atomic E-state index is 11.6. The maximum Gasteiger partial charge on any atom is 0.346 e. The molecule has 0 aromatic heterocycles. The van der Waals surface area contributed by atoms with Gasteiger partial charge in [-0.2, -0.15) is 10.7 Å². The van der Waals surface area contributed by atoms with Gasteiger partial charge in [0.05, 0.1) is 6.07 Å². The number of hydrogen-bond acceptors (Lipinski definition) is 5. The fourth-order valence-corrected chi connectivity index (χ4v) is 1.37. The molecule has 1 atom stereocenters. The smallest absolute Gasteiger partial charge is 0.346 e. The molecule has 7 nitrogen and oxygen atoms in total. The molecule has 0 saturated heterocycles. The van der Waals surface area contributed by atoms with Crippen LogP contribution in [0.25, 0.3) is 0 Å². The Morgan fingerprint density at radius 2 is 1.95 bits per heavy atom. The highest BCUT2D eigenvalue weighted by atomic mass is 16.7. The number of nitriles is 1. The van der Waals surface area contributed by atoms with E-state index in [9.17, 15) is 14.4 Å². The Balaban J connectivity index is 2.55. The molecular formula is C13H12N2O5. The van der Waals surface area contributed by atoms with Crippen LogP contribution in [0.15, 0.2) is 30.3 Å². The van der Waals surface area contributed by atoms with Crippen LogP contribution < -0.4 is 5.48 Å². The van der Waals surface area contributed by atoms with E-state index in [4.69, 9.17) is 10.4 Å². The number of rotatable bonds is 5. The number of carbonyl (C=O) groups is 3. The van der Waals surface area contributed by atoms with Crippen molar-refractivity contribution < 1.29 is 24.3 Å². The molecule has 1 aromatic carbocycles. The lowest BCUT2D eigenvalue weighted by Crippen LogP contribution is -2.33. The summed E-state index contributed by atoms with van der Waals surface area (Å²) in [4.78, 5) is 38.4. The molecule has 1 aromatic rings. The number of amides is 1. The number of carboxylic acids is 1. The molecule has 0 fully saturated rings. The lowest BCUT2D eigenvalue weighted by Gasteiger charge is -2.10. The monoisotopic (exact) mass is 276 g/mol. The fourth-order valence-electron chi connectivity index (χ4n) is 1.37. The standard InChI is InChI=1S/C13H12N2O5/c14-8-4-7-10(12(17)18)13(19)20-15-11(16)9-5-2-1-3-6-9/h1-3,5-6,10H,4,7H2,(H,15,16)(H,17,18). The molecule has 0 saturated carbocycles. The van der Waals surface area contributed by atoms with Crippen LogP contribution >= 0.6 is 0 Å². The van der Waals surface area contributed by atoms with Crippen LogP contribution in [0.4, 0.5) is 0 Å². The molecule has 20 heavy (non-hydrogen) atoms. The molecule has 0 radical (unpaired) electrons. The summed E-state index contributed by atoms with van der Waals surface area (Å²) in [5.74, 6) is -4.66. The SMILES string of the molecule is N#CCCC(C(=O)O)C(=O)ONC(=O)c1ccccc1. The molecule has 1 unspecified atom stereocenters. The van der Waals surface area contributed by atoms with Gasteiger partial charge in [0.1, 0.15) is 0 Å². The van der Waals surface area contributed by atoms with Crippen molar-refractivity contribution in [2.75, 3.05) is 0 Å². The minimum absolute atomic E-state index is 0.0985. The third-order valence-corrected chi connectivity index (χ3v) is 2.41. The summed E-state index contributed by atoms with van der Waals surface area (Å²) in [6.07, 6.45) is -0.273. The van der Waals surface area contributed by atoms with Crippen molar-refractivity contribution in [2.45, 2.75) is 12.8 Å². The Kier molecular flexibility index (Phi) is 5.72. The van der Waals surface area contributed by atoms with Gasteiger partial charge in [0.15, 0.2) is 5.92 Å². The Morgan fingerprint density at radius 3 is 2.50 bits per heavy atom. The minimum atomic E-state index is -1.48. The molecule has 0 spiro atoms. The molecule has 7 heteroatoms. The van der Waals surface area contributed by atoms with Gasteiger partial charge in [-0.1, -0.05) is 18.2 Å². The van der Waals surface area contributed by atoms with Crippen LogP contribution in [-0.4, -0.2) is 23.0 Å². The number of hydroxylamine groups is 1. The molecule has 0 heterocycles. The summed E-state index contributed by atoms with van der Waals surface area (Å²) in [6.45, 7) is 0. The van der Waals surface area contributed by atoms with E-state index >= 15 is 0 Å². The summed E-state index contributed by atoms with van der Waals surface area (Å²) >= 11 is 0. The third-order valence-electron chi connectivity index (χ3n) is 2.41. The number of aliphatic carboxylic acids is 1. The first kappa shape index (κ1) is 15.2. The molecular weight excluding hydrogens is 264 g/mol. The molecule has 0 aliphatic rings. The van der Waals surface area contributed by atoms with Crippen molar-refractivity contribution >= 4 is 17.8 Å². The molecule has 0 aliphatic carbocycles. The summed E-state index contributed by atoms with van der Waals surface area (Å²) in [5, 5.41) is 17.2. The number of hydrogen-bond donors (Lipinski definition) is 2. The highest BCUT2D eigenvalue weighted by Gasteiger charge is 2.28. The van der Waals surface area contributed by atoms with E-state index in [1.807, 2.05) is 5.48 Å². The zero-order chi connectivity index (χ0) is 15.0. The van der Waals surface area contributed by atoms with Gasteiger partial charge < -0.3 is 9.94 Å². The van der Waals surface area contributed by atoms with Gasteiger partial charge in [0.2, 0.25) is 0 Å². The van der Waals surface area contributed by atoms with Gasteiger partial charge in [-0.15, -0.1) is 0 Å². The number of carbonyl (C=O) groups excluding carboxylic acids is 2. The summed E-state index contributed by atoms with van der Waals surface area (Å²) < 4.78 is 0. The topological polar surface area (TPSA) is 116 Å². The molecule has 104 valence electrons. The first-order chi connectivity index (χ1) is 9.56. The zero-order valence-corrected chi connectivity index (χ0v) is 10.4. The van der Waals surface area contributed by atoms with Crippen molar-refractivity contribution in [3.8, 4) is 6.07 Å². The number of nitrogens with one attached hydrogen (secondary N) is 1. The van der Waals surface area contributed by atoms with Gasteiger partial charge in [0.25, 0.3) is 5.91 Å². The van der Waals surface area contributed by atoms with E-state index in [2.05, 4.69) is 4.84 Å². The molecule has 1 rings (SSSR count). The van der Waals surface area contributed by atoms with Gasteiger partial charge in [0, 0.05) is 12.0 Å². The van der Waals surface area contributed by atoms with Crippen molar-refractivity contribution in [1.82, 2.24) is 5.48 Å². The van der Waals surface area contributed by atoms with E-state index < -0.39 is 23.8 Å². The normalized spacial score (nSPS) is 10.9. The fraction of sp³-hybridized carbons (Fsp3) is 0.231. The summed E-state index contributed by atoms with van der Waals surface area (Å²) in [6, 6.07) is 9.73. The summed E-state index contributed by atoms with van der Waals surface area (Å²) in [7, 11) is 0. The quantitative estimate of drug-likeness (QED) is 0.609. The first-order valence-corrected chi connectivity index (χ1v) is 5.72. The summed E-state index contributed by atoms with van der Waals surface area (Å²) in [5.41, 5.74) is 2.14. The van der Waals surface area contributed by atoms with E-state index in [0.29, 0.717) is 0 Å². The van der Waals surface area contributed by atoms with E-state index in [0.717, 1.165) is 0 Å². The lowest BCUT2D eigenvalue weighted by atomic mass is 10.0. The second-order valence-corrected chi connectivity index (χ2v) is 3.81. The second-order valence-electron chi connectivity index (χ2n) is 3.81. The Bertz CT molecular complexity index is 535. The van der Waals surface area contributed by atoms with Crippen molar-refractivity contribution in [3.63, 3.8) is 0 Å². The third kappa shape index (κ3) is 4.42. The molecule has 1 amide bonds. The predicted octanol–water partition coefficient (Wildman–Crippen LogP) is 0.879. The lowest BCUT2D eigenvalue weighted by molar-refractivity contribution is -0.162. The molecule has 0 aliphatic heterocycles. The zero-order valence-electron chi connectivity index (χ0n) is 10.4. The van der Waals surface area contributed by atoms with Crippen LogP contribution in [0, 0.1) is 17.2 Å². The largest absolute Gasteiger partial charge is 0.481 e. The minimum Gasteiger partial charge on any atom is -0.481 e. The number of carboxylic acid groups (broad SMARTS) is 1. The average molecular weight is 276 g/mol. The number of nitrogens with zero attached hydrogens (tertiary/aromatic N) is 1. The van der Waals surface area contributed by atoms with Crippen LogP contribution in [0.3, 0.4) is 0 Å². The Hall–Kier alpha value is -2.88. The van der Waals surface area contributed by atoms with Crippen molar-refractivity contribution in [3.05, 3.63) is 35.9 Å². The van der Waals surface area contributed by atoms with E-state index in [1.165, 1.54) is 12.1 Å². The molecule has 2 N–H and O–H groups in total. The predicted molar refractivity (Wildman–Crippen MR) is 66.0 cm³/mol. The van der Waals surface area contributed by atoms with Gasteiger partial charge >= 0.3 is 11.9 Å². The second kappa shape index (κ2) is 7.53. The van der Waals surface area contributed by atoms with Crippen LogP contribution in [-0.2, 0) is 14.4 Å². The maximum absolute atomic E-state index is 11.6. The van der Waals surface area contributed by atoms with Gasteiger partial charge in [-0.3, -0.25) is 9.59 Å². The van der Waals surface area contributed by atoms with E-state index in [1.54, 1.807) is 24.3 Å². The van der Waals surface area contributed by atoms with Crippen LogP contribution in [0.5, 0.6) is 0 Å². The van der Waals surface area contributed by atoms with Crippen molar-refractivity contribution in [1.29, 1.82) is 5.26 Å². The van der Waals surface area contributed by atoms with Crippen molar-refractivity contribution in [2.24, 2.45) is 5.92 Å². The number of benzene rings is 1. The molecule has 0 bridgehead atoms. The highest BCUT2D eigenvalue weighted by Crippen LogP contribution is 2.08. The first-order valence-electron chi connectivity index (χ1n) is 5.72. The van der Waals surface area contributed by atoms with Crippen LogP contribution in [0.2, 0.25) is 0 Å². The van der Waals surface area contributed by atoms with Gasteiger partial charge in [-0.05, 0) is 18.6 Å². The Morgan fingerprint density at radius 1 is 1.30 bits per heavy atom. The Labute approximate surface area is 114 Å². The highest BCUT2D eigenvalue weighted by molar-refractivity contribution is 5.96. The average Bonchev–Trinajstić information content (AvgIpc) is 2.45. The van der Waals surface area contributed by atoms with E-state index in [-0.39, 0.29) is 18.4 Å². The van der Waals surface area contributed by atoms with Crippen LogP contribution in [0.1, 0.15) is 23.2 Å². The van der Waals surface area contributed by atoms with Gasteiger partial charge in [-0.25, -0.2) is 4.79 Å².